The first-order chi connectivity index (χ1) is 13.5. The lowest BCUT2D eigenvalue weighted by molar-refractivity contribution is -0.123. The SMILES string of the molecule is Cc1ccc(CN(C)CC(=O)NC2CCN(Cc3ccccc3)CC2)c(C)c1. The molecule has 0 bridgehead atoms. The van der Waals surface area contributed by atoms with Gasteiger partial charge in [-0.2, -0.15) is 0 Å². The highest BCUT2D eigenvalue weighted by atomic mass is 16.2. The molecular weight excluding hydrogens is 346 g/mol. The molecule has 1 fully saturated rings. The Balaban J connectivity index is 1.39. The Labute approximate surface area is 169 Å². The molecule has 1 heterocycles. The van der Waals surface area contributed by atoms with Gasteiger partial charge in [-0.15, -0.1) is 0 Å². The number of rotatable bonds is 7. The van der Waals surface area contributed by atoms with Crippen molar-refractivity contribution >= 4 is 5.91 Å². The second kappa shape index (κ2) is 9.85. The van der Waals surface area contributed by atoms with Gasteiger partial charge in [0.05, 0.1) is 6.54 Å². The van der Waals surface area contributed by atoms with Crippen LogP contribution in [0.4, 0.5) is 0 Å². The van der Waals surface area contributed by atoms with Crippen LogP contribution in [0.25, 0.3) is 0 Å². The highest BCUT2D eigenvalue weighted by molar-refractivity contribution is 5.78. The van der Waals surface area contributed by atoms with Crippen LogP contribution in [0.1, 0.15) is 35.1 Å². The van der Waals surface area contributed by atoms with Crippen molar-refractivity contribution in [2.24, 2.45) is 0 Å². The molecule has 0 aromatic heterocycles. The quantitative estimate of drug-likeness (QED) is 0.800. The molecule has 0 saturated carbocycles. The zero-order chi connectivity index (χ0) is 19.9. The summed E-state index contributed by atoms with van der Waals surface area (Å²) in [6.45, 7) is 8.57. The molecule has 1 aliphatic heterocycles. The molecular formula is C24H33N3O. The molecule has 1 aliphatic rings. The summed E-state index contributed by atoms with van der Waals surface area (Å²) in [6, 6.07) is 17.4. The Kier molecular flexibility index (Phi) is 7.24. The van der Waals surface area contributed by atoms with E-state index in [-0.39, 0.29) is 5.91 Å². The summed E-state index contributed by atoms with van der Waals surface area (Å²) >= 11 is 0. The van der Waals surface area contributed by atoms with Gasteiger partial charge in [0.15, 0.2) is 0 Å². The van der Waals surface area contributed by atoms with E-state index in [1.54, 1.807) is 0 Å². The number of piperidine rings is 1. The molecule has 1 saturated heterocycles. The average Bonchev–Trinajstić information content (AvgIpc) is 2.66. The van der Waals surface area contributed by atoms with Gasteiger partial charge in [-0.3, -0.25) is 14.6 Å². The maximum atomic E-state index is 12.5. The van der Waals surface area contributed by atoms with Crippen LogP contribution in [0.15, 0.2) is 48.5 Å². The van der Waals surface area contributed by atoms with E-state index in [9.17, 15) is 4.79 Å². The van der Waals surface area contributed by atoms with Crippen LogP contribution in [0.5, 0.6) is 0 Å². The van der Waals surface area contributed by atoms with Crippen molar-refractivity contribution in [1.29, 1.82) is 0 Å². The van der Waals surface area contributed by atoms with Gasteiger partial charge in [0.1, 0.15) is 0 Å². The molecule has 2 aromatic carbocycles. The van der Waals surface area contributed by atoms with E-state index < -0.39 is 0 Å². The van der Waals surface area contributed by atoms with E-state index in [4.69, 9.17) is 0 Å². The number of nitrogens with one attached hydrogen (secondary N) is 1. The van der Waals surface area contributed by atoms with Crippen molar-refractivity contribution in [3.8, 4) is 0 Å². The van der Waals surface area contributed by atoms with E-state index in [1.807, 2.05) is 7.05 Å². The molecule has 0 radical (unpaired) electrons. The number of carbonyl (C=O) groups excluding carboxylic acids is 1. The highest BCUT2D eigenvalue weighted by Gasteiger charge is 2.21. The van der Waals surface area contributed by atoms with Crippen molar-refractivity contribution in [3.05, 3.63) is 70.8 Å². The maximum absolute atomic E-state index is 12.5. The van der Waals surface area contributed by atoms with Gasteiger partial charge >= 0.3 is 0 Å². The molecule has 0 unspecified atom stereocenters. The second-order valence-corrected chi connectivity index (χ2v) is 8.21. The lowest BCUT2D eigenvalue weighted by Crippen LogP contribution is -2.46. The highest BCUT2D eigenvalue weighted by Crippen LogP contribution is 2.15. The molecule has 0 aliphatic carbocycles. The van der Waals surface area contributed by atoms with E-state index in [2.05, 4.69) is 77.5 Å². The fourth-order valence-electron chi connectivity index (χ4n) is 3.97. The molecule has 1 amide bonds. The van der Waals surface area contributed by atoms with Crippen LogP contribution < -0.4 is 5.32 Å². The molecule has 150 valence electrons. The first kappa shape index (κ1) is 20.6. The van der Waals surface area contributed by atoms with E-state index >= 15 is 0 Å². The van der Waals surface area contributed by atoms with Gasteiger partial charge in [-0.1, -0.05) is 54.1 Å². The number of carbonyl (C=O) groups is 1. The van der Waals surface area contributed by atoms with Crippen LogP contribution in [0.3, 0.4) is 0 Å². The summed E-state index contributed by atoms with van der Waals surface area (Å²) in [5, 5.41) is 3.24. The van der Waals surface area contributed by atoms with Crippen LogP contribution >= 0.6 is 0 Å². The predicted molar refractivity (Wildman–Crippen MR) is 115 cm³/mol. The standard InChI is InChI=1S/C24H33N3O/c1-19-9-10-22(20(2)15-19)17-26(3)18-24(28)25-23-11-13-27(14-12-23)16-21-7-5-4-6-8-21/h4-10,15,23H,11-14,16-18H2,1-3H3,(H,25,28). The molecule has 2 aromatic rings. The van der Waals surface area contributed by atoms with Crippen LogP contribution in [0, 0.1) is 13.8 Å². The van der Waals surface area contributed by atoms with Gasteiger partial charge in [-0.25, -0.2) is 0 Å². The minimum absolute atomic E-state index is 0.133. The third-order valence-electron chi connectivity index (χ3n) is 5.55. The third kappa shape index (κ3) is 6.18. The van der Waals surface area contributed by atoms with E-state index in [0.717, 1.165) is 39.0 Å². The van der Waals surface area contributed by atoms with Gasteiger partial charge in [0.25, 0.3) is 0 Å². The lowest BCUT2D eigenvalue weighted by atomic mass is 10.0. The summed E-state index contributed by atoms with van der Waals surface area (Å²) in [5.74, 6) is 0.133. The minimum Gasteiger partial charge on any atom is -0.352 e. The first-order valence-corrected chi connectivity index (χ1v) is 10.3. The molecule has 28 heavy (non-hydrogen) atoms. The smallest absolute Gasteiger partial charge is 0.234 e. The van der Waals surface area contributed by atoms with Gasteiger partial charge in [-0.05, 0) is 50.4 Å². The molecule has 4 nitrogen and oxygen atoms in total. The Morgan fingerprint density at radius 2 is 1.82 bits per heavy atom. The predicted octanol–water partition coefficient (Wildman–Crippen LogP) is 3.52. The zero-order valence-electron chi connectivity index (χ0n) is 17.4. The Bertz CT molecular complexity index is 767. The number of hydrogen-bond donors (Lipinski definition) is 1. The summed E-state index contributed by atoms with van der Waals surface area (Å²) < 4.78 is 0. The summed E-state index contributed by atoms with van der Waals surface area (Å²) in [7, 11) is 2.02. The molecule has 1 N–H and O–H groups in total. The number of nitrogens with zero attached hydrogens (tertiary/aromatic N) is 2. The Hall–Kier alpha value is -2.17. The monoisotopic (exact) mass is 379 g/mol. The van der Waals surface area contributed by atoms with Crippen LogP contribution in [0.2, 0.25) is 0 Å². The second-order valence-electron chi connectivity index (χ2n) is 8.21. The topological polar surface area (TPSA) is 35.6 Å². The maximum Gasteiger partial charge on any atom is 0.234 e. The molecule has 0 atom stereocenters. The average molecular weight is 380 g/mol. The zero-order valence-corrected chi connectivity index (χ0v) is 17.4. The number of aryl methyl sites for hydroxylation is 2. The number of likely N-dealkylation sites (tertiary alicyclic amines) is 1. The normalized spacial score (nSPS) is 15.7. The van der Waals surface area contributed by atoms with Gasteiger partial charge < -0.3 is 5.32 Å². The summed E-state index contributed by atoms with van der Waals surface area (Å²) in [6.07, 6.45) is 2.05. The van der Waals surface area contributed by atoms with Crippen LogP contribution in [-0.4, -0.2) is 48.4 Å². The number of likely N-dealkylation sites (N-methyl/N-ethyl adjacent to an activating group) is 1. The van der Waals surface area contributed by atoms with Crippen molar-refractivity contribution < 1.29 is 4.79 Å². The van der Waals surface area contributed by atoms with Crippen molar-refractivity contribution in [1.82, 2.24) is 15.1 Å². The Morgan fingerprint density at radius 1 is 1.11 bits per heavy atom. The number of benzene rings is 2. The van der Waals surface area contributed by atoms with Gasteiger partial charge in [0, 0.05) is 32.2 Å². The molecule has 4 heteroatoms. The first-order valence-electron chi connectivity index (χ1n) is 10.3. The summed E-state index contributed by atoms with van der Waals surface area (Å²) in [5.41, 5.74) is 5.21. The molecule has 3 rings (SSSR count). The van der Waals surface area contributed by atoms with E-state index in [0.29, 0.717) is 12.6 Å². The Morgan fingerprint density at radius 3 is 2.50 bits per heavy atom. The number of hydrogen-bond acceptors (Lipinski definition) is 3. The van der Waals surface area contributed by atoms with Gasteiger partial charge in [0.2, 0.25) is 5.91 Å². The third-order valence-corrected chi connectivity index (χ3v) is 5.55. The van der Waals surface area contributed by atoms with Crippen molar-refractivity contribution in [3.63, 3.8) is 0 Å². The van der Waals surface area contributed by atoms with Crippen molar-refractivity contribution in [2.75, 3.05) is 26.7 Å². The number of amides is 1. The molecule has 0 spiro atoms. The fraction of sp³-hybridized carbons (Fsp3) is 0.458. The fourth-order valence-corrected chi connectivity index (χ4v) is 3.97. The lowest BCUT2D eigenvalue weighted by Gasteiger charge is -2.32. The van der Waals surface area contributed by atoms with E-state index in [1.165, 1.54) is 22.3 Å². The largest absolute Gasteiger partial charge is 0.352 e. The van der Waals surface area contributed by atoms with Crippen LogP contribution in [-0.2, 0) is 17.9 Å². The van der Waals surface area contributed by atoms with Crippen molar-refractivity contribution in [2.45, 2.75) is 45.8 Å². The summed E-state index contributed by atoms with van der Waals surface area (Å²) in [4.78, 5) is 17.0. The minimum atomic E-state index is 0.133.